The molecule has 0 bridgehead atoms. The second-order valence-corrected chi connectivity index (χ2v) is 5.43. The second kappa shape index (κ2) is 4.79. The molecular weight excluding hydrogens is 285 g/mol. The summed E-state index contributed by atoms with van der Waals surface area (Å²) in [5.74, 6) is -0.275. The molecule has 0 saturated heterocycles. The Morgan fingerprint density at radius 2 is 1.95 bits per heavy atom. The monoisotopic (exact) mass is 295 g/mol. The Kier molecular flexibility index (Phi) is 2.79. The van der Waals surface area contributed by atoms with E-state index in [1.165, 1.54) is 6.07 Å². The summed E-state index contributed by atoms with van der Waals surface area (Å²) in [7, 11) is 0. The number of pyridine rings is 1. The number of nitrogens with one attached hydrogen (secondary N) is 1. The van der Waals surface area contributed by atoms with Crippen LogP contribution in [-0.2, 0) is 0 Å². The van der Waals surface area contributed by atoms with Crippen molar-refractivity contribution in [3.63, 3.8) is 0 Å². The first-order valence-corrected chi connectivity index (χ1v) is 7.39. The number of halogens is 1. The summed E-state index contributed by atoms with van der Waals surface area (Å²) in [6.45, 7) is 0. The molecule has 0 atom stereocenters. The van der Waals surface area contributed by atoms with E-state index in [1.54, 1.807) is 29.7 Å². The molecule has 0 saturated carbocycles. The number of benzene rings is 1. The lowest BCUT2D eigenvalue weighted by atomic mass is 10.0. The quantitative estimate of drug-likeness (QED) is 0.592. The molecule has 3 aromatic heterocycles. The zero-order chi connectivity index (χ0) is 14.2. The van der Waals surface area contributed by atoms with Crippen LogP contribution >= 0.6 is 11.3 Å². The van der Waals surface area contributed by atoms with Crippen molar-refractivity contribution in [1.82, 2.24) is 15.2 Å². The zero-order valence-corrected chi connectivity index (χ0v) is 11.7. The average molecular weight is 295 g/mol. The van der Waals surface area contributed by atoms with Crippen LogP contribution in [0, 0.1) is 5.82 Å². The van der Waals surface area contributed by atoms with E-state index in [4.69, 9.17) is 0 Å². The number of nitrogens with zero attached hydrogens (tertiary/aromatic N) is 2. The maximum absolute atomic E-state index is 14.1. The molecule has 0 unspecified atom stereocenters. The third-order valence-corrected chi connectivity index (χ3v) is 4.11. The Hall–Kier alpha value is -2.53. The summed E-state index contributed by atoms with van der Waals surface area (Å²) >= 11 is 1.63. The largest absolute Gasteiger partial charge is 0.275 e. The molecule has 0 fully saturated rings. The highest BCUT2D eigenvalue weighted by Crippen LogP contribution is 2.35. The van der Waals surface area contributed by atoms with Crippen molar-refractivity contribution < 1.29 is 4.39 Å². The molecule has 4 rings (SSSR count). The second-order valence-electron chi connectivity index (χ2n) is 4.65. The molecule has 21 heavy (non-hydrogen) atoms. The minimum atomic E-state index is -0.275. The molecule has 3 heterocycles. The molecule has 1 aromatic carbocycles. The predicted octanol–water partition coefficient (Wildman–Crippen LogP) is 4.49. The number of aromatic amines is 1. The summed E-state index contributed by atoms with van der Waals surface area (Å²) in [4.78, 5) is 4.27. The Bertz CT molecular complexity index is 912. The predicted molar refractivity (Wildman–Crippen MR) is 82.6 cm³/mol. The van der Waals surface area contributed by atoms with Crippen molar-refractivity contribution in [1.29, 1.82) is 0 Å². The van der Waals surface area contributed by atoms with Crippen LogP contribution in [-0.4, -0.2) is 15.2 Å². The van der Waals surface area contributed by atoms with Crippen molar-refractivity contribution >= 4 is 22.4 Å². The van der Waals surface area contributed by atoms with Crippen molar-refractivity contribution in [2.75, 3.05) is 0 Å². The molecule has 0 radical (unpaired) electrons. The standard InChI is InChI=1S/C16H10FN3S/c17-13-4-2-1-3-12(13)15-14-11(10-6-8-21-9-10)5-7-18-16(14)20-19-15/h1-9H,(H,18,19,20). The van der Waals surface area contributed by atoms with E-state index < -0.39 is 0 Å². The fourth-order valence-electron chi connectivity index (χ4n) is 2.46. The van der Waals surface area contributed by atoms with Crippen LogP contribution < -0.4 is 0 Å². The lowest BCUT2D eigenvalue weighted by molar-refractivity contribution is 0.631. The highest BCUT2D eigenvalue weighted by Gasteiger charge is 2.16. The first-order valence-electron chi connectivity index (χ1n) is 6.45. The molecular formula is C16H10FN3S. The van der Waals surface area contributed by atoms with Gasteiger partial charge in [-0.2, -0.15) is 16.4 Å². The topological polar surface area (TPSA) is 41.6 Å². The third kappa shape index (κ3) is 1.94. The normalized spacial score (nSPS) is 11.1. The number of hydrogen-bond donors (Lipinski definition) is 1. The smallest absolute Gasteiger partial charge is 0.182 e. The van der Waals surface area contributed by atoms with E-state index in [0.29, 0.717) is 16.9 Å². The van der Waals surface area contributed by atoms with Crippen molar-refractivity contribution in [3.05, 3.63) is 59.2 Å². The van der Waals surface area contributed by atoms with E-state index >= 15 is 0 Å². The summed E-state index contributed by atoms with van der Waals surface area (Å²) in [5.41, 5.74) is 3.86. The number of hydrogen-bond acceptors (Lipinski definition) is 3. The van der Waals surface area contributed by atoms with E-state index in [1.807, 2.05) is 23.6 Å². The van der Waals surface area contributed by atoms with Gasteiger partial charge in [0.25, 0.3) is 0 Å². The van der Waals surface area contributed by atoms with Crippen LogP contribution in [0.4, 0.5) is 4.39 Å². The van der Waals surface area contributed by atoms with Gasteiger partial charge in [-0.3, -0.25) is 5.10 Å². The van der Waals surface area contributed by atoms with Crippen LogP contribution in [0.5, 0.6) is 0 Å². The summed E-state index contributed by atoms with van der Waals surface area (Å²) in [6.07, 6.45) is 1.72. The lowest BCUT2D eigenvalue weighted by Gasteiger charge is -2.04. The molecule has 0 spiro atoms. The van der Waals surface area contributed by atoms with Gasteiger partial charge in [-0.05, 0) is 46.2 Å². The number of fused-ring (bicyclic) bond motifs is 1. The average Bonchev–Trinajstić information content (AvgIpc) is 3.17. The van der Waals surface area contributed by atoms with Crippen LogP contribution in [0.2, 0.25) is 0 Å². The molecule has 1 N–H and O–H groups in total. The van der Waals surface area contributed by atoms with Gasteiger partial charge in [0.15, 0.2) is 5.65 Å². The SMILES string of the molecule is Fc1ccccc1-c1[nH]nc2nccc(-c3ccsc3)c12. The van der Waals surface area contributed by atoms with Crippen molar-refractivity contribution in [2.45, 2.75) is 0 Å². The summed E-state index contributed by atoms with van der Waals surface area (Å²) in [5, 5.41) is 12.1. The molecule has 4 aromatic rings. The number of H-pyrrole nitrogens is 1. The third-order valence-electron chi connectivity index (χ3n) is 3.43. The first kappa shape index (κ1) is 12.2. The zero-order valence-electron chi connectivity index (χ0n) is 10.9. The van der Waals surface area contributed by atoms with E-state index in [-0.39, 0.29) is 5.82 Å². The van der Waals surface area contributed by atoms with Gasteiger partial charge in [0.1, 0.15) is 5.82 Å². The van der Waals surface area contributed by atoms with Gasteiger partial charge in [0, 0.05) is 11.8 Å². The fraction of sp³-hybridized carbons (Fsp3) is 0. The maximum Gasteiger partial charge on any atom is 0.182 e. The minimum Gasteiger partial charge on any atom is -0.275 e. The Morgan fingerprint density at radius 1 is 1.05 bits per heavy atom. The van der Waals surface area contributed by atoms with Gasteiger partial charge in [0.2, 0.25) is 0 Å². The van der Waals surface area contributed by atoms with Gasteiger partial charge < -0.3 is 0 Å². The maximum atomic E-state index is 14.1. The van der Waals surface area contributed by atoms with E-state index in [0.717, 1.165) is 16.5 Å². The van der Waals surface area contributed by atoms with Crippen LogP contribution in [0.25, 0.3) is 33.4 Å². The molecule has 0 aliphatic heterocycles. The minimum absolute atomic E-state index is 0.275. The summed E-state index contributed by atoms with van der Waals surface area (Å²) < 4.78 is 14.1. The highest BCUT2D eigenvalue weighted by molar-refractivity contribution is 7.08. The van der Waals surface area contributed by atoms with E-state index in [9.17, 15) is 4.39 Å². The fourth-order valence-corrected chi connectivity index (χ4v) is 3.12. The van der Waals surface area contributed by atoms with Gasteiger partial charge in [-0.1, -0.05) is 12.1 Å². The van der Waals surface area contributed by atoms with Crippen molar-refractivity contribution in [2.24, 2.45) is 0 Å². The Morgan fingerprint density at radius 3 is 2.76 bits per heavy atom. The Labute approximate surface area is 124 Å². The number of thiophene rings is 1. The molecule has 3 nitrogen and oxygen atoms in total. The highest BCUT2D eigenvalue weighted by atomic mass is 32.1. The summed E-state index contributed by atoms with van der Waals surface area (Å²) in [6, 6.07) is 10.7. The van der Waals surface area contributed by atoms with Crippen LogP contribution in [0.3, 0.4) is 0 Å². The van der Waals surface area contributed by atoms with Crippen LogP contribution in [0.15, 0.2) is 53.4 Å². The van der Waals surface area contributed by atoms with Gasteiger partial charge >= 0.3 is 0 Å². The van der Waals surface area contributed by atoms with Crippen molar-refractivity contribution in [3.8, 4) is 22.4 Å². The molecule has 0 aliphatic carbocycles. The number of aromatic nitrogens is 3. The van der Waals surface area contributed by atoms with Crippen LogP contribution in [0.1, 0.15) is 0 Å². The van der Waals surface area contributed by atoms with E-state index in [2.05, 4.69) is 20.6 Å². The van der Waals surface area contributed by atoms with Gasteiger partial charge in [-0.15, -0.1) is 0 Å². The lowest BCUT2D eigenvalue weighted by Crippen LogP contribution is -1.86. The molecule has 0 aliphatic rings. The first-order chi connectivity index (χ1) is 10.3. The number of rotatable bonds is 2. The molecule has 0 amide bonds. The van der Waals surface area contributed by atoms with Gasteiger partial charge in [-0.25, -0.2) is 9.37 Å². The molecule has 102 valence electrons. The van der Waals surface area contributed by atoms with Gasteiger partial charge in [0.05, 0.1) is 11.1 Å². The Balaban J connectivity index is 2.06. The molecule has 5 heteroatoms.